The highest BCUT2D eigenvalue weighted by Gasteiger charge is 2.06. The fourth-order valence-corrected chi connectivity index (χ4v) is 1.58. The molecule has 0 aliphatic heterocycles. The lowest BCUT2D eigenvalue weighted by Gasteiger charge is -2.10. The van der Waals surface area contributed by atoms with Crippen molar-refractivity contribution < 1.29 is 14.6 Å². The average Bonchev–Trinajstić information content (AvgIpc) is 2.34. The van der Waals surface area contributed by atoms with E-state index in [1.807, 2.05) is 24.3 Å². The van der Waals surface area contributed by atoms with Gasteiger partial charge in [0.25, 0.3) is 0 Å². The van der Waals surface area contributed by atoms with E-state index in [9.17, 15) is 9.90 Å². The van der Waals surface area contributed by atoms with Crippen molar-refractivity contribution in [3.05, 3.63) is 29.8 Å². The molecule has 5 heteroatoms. The first-order chi connectivity index (χ1) is 8.61. The summed E-state index contributed by atoms with van der Waals surface area (Å²) in [4.78, 5) is 11.5. The molecule has 1 unspecified atom stereocenters. The Balaban J connectivity index is 2.25. The minimum atomic E-state index is -0.661. The van der Waals surface area contributed by atoms with Gasteiger partial charge in [0.05, 0.1) is 12.7 Å². The predicted octanol–water partition coefficient (Wildman–Crippen LogP) is 0.325. The van der Waals surface area contributed by atoms with Gasteiger partial charge in [-0.1, -0.05) is 12.1 Å². The molecule has 0 aliphatic rings. The van der Waals surface area contributed by atoms with Crippen LogP contribution < -0.4 is 11.1 Å². The molecular formula is C13H20N2O3. The zero-order chi connectivity index (χ0) is 13.4. The number of methoxy groups -OCH3 is 1. The minimum absolute atomic E-state index is 0.0902. The van der Waals surface area contributed by atoms with Crippen molar-refractivity contribution in [3.8, 4) is 0 Å². The Bertz CT molecular complexity index is 382. The highest BCUT2D eigenvalue weighted by Crippen LogP contribution is 2.08. The second kappa shape index (κ2) is 7.68. The normalized spacial score (nSPS) is 12.1. The first-order valence-electron chi connectivity index (χ1n) is 5.90. The molecule has 18 heavy (non-hydrogen) atoms. The summed E-state index contributed by atoms with van der Waals surface area (Å²) in [6, 6.07) is 7.46. The molecule has 0 aliphatic carbocycles. The molecule has 1 aromatic carbocycles. The van der Waals surface area contributed by atoms with Gasteiger partial charge in [0.15, 0.2) is 0 Å². The van der Waals surface area contributed by atoms with Crippen LogP contribution in [-0.4, -0.2) is 37.4 Å². The lowest BCUT2D eigenvalue weighted by atomic mass is 10.1. The van der Waals surface area contributed by atoms with E-state index in [-0.39, 0.29) is 19.1 Å². The summed E-state index contributed by atoms with van der Waals surface area (Å²) in [5.74, 6) is -0.0902. The number of rotatable bonds is 7. The number of amides is 1. The molecule has 100 valence electrons. The van der Waals surface area contributed by atoms with Crippen molar-refractivity contribution in [3.63, 3.8) is 0 Å². The van der Waals surface area contributed by atoms with Crippen LogP contribution in [0.25, 0.3) is 0 Å². The number of ether oxygens (including phenoxy) is 1. The zero-order valence-corrected chi connectivity index (χ0v) is 10.6. The first kappa shape index (κ1) is 14.5. The van der Waals surface area contributed by atoms with E-state index in [1.54, 1.807) is 0 Å². The maximum absolute atomic E-state index is 11.5. The molecule has 1 rings (SSSR count). The second-order valence-electron chi connectivity index (χ2n) is 4.16. The Morgan fingerprint density at radius 3 is 3.00 bits per heavy atom. The number of nitrogen functional groups attached to an aromatic ring is 1. The molecular weight excluding hydrogens is 232 g/mol. The molecule has 1 aromatic rings. The van der Waals surface area contributed by atoms with Crippen LogP contribution in [0.3, 0.4) is 0 Å². The van der Waals surface area contributed by atoms with Gasteiger partial charge >= 0.3 is 0 Å². The molecule has 0 saturated carbocycles. The number of nitrogens with two attached hydrogens (primary N) is 1. The van der Waals surface area contributed by atoms with Crippen LogP contribution in [0.4, 0.5) is 5.69 Å². The summed E-state index contributed by atoms with van der Waals surface area (Å²) in [6.45, 7) is 0.430. The third kappa shape index (κ3) is 5.65. The third-order valence-corrected chi connectivity index (χ3v) is 2.49. The Morgan fingerprint density at radius 2 is 2.33 bits per heavy atom. The molecule has 0 saturated heterocycles. The van der Waals surface area contributed by atoms with Crippen molar-refractivity contribution in [2.24, 2.45) is 0 Å². The Kier molecular flexibility index (Phi) is 6.18. The van der Waals surface area contributed by atoms with Gasteiger partial charge in [-0.15, -0.1) is 0 Å². The number of aryl methyl sites for hydroxylation is 1. The van der Waals surface area contributed by atoms with Gasteiger partial charge < -0.3 is 20.9 Å². The monoisotopic (exact) mass is 252 g/mol. The third-order valence-electron chi connectivity index (χ3n) is 2.49. The first-order valence-corrected chi connectivity index (χ1v) is 5.90. The molecule has 0 aromatic heterocycles. The summed E-state index contributed by atoms with van der Waals surface area (Å²) >= 11 is 0. The van der Waals surface area contributed by atoms with E-state index in [1.165, 1.54) is 7.11 Å². The van der Waals surface area contributed by atoms with Crippen LogP contribution in [0.15, 0.2) is 24.3 Å². The summed E-state index contributed by atoms with van der Waals surface area (Å²) in [6.07, 6.45) is 0.353. The Labute approximate surface area is 107 Å². The smallest absolute Gasteiger partial charge is 0.220 e. The predicted molar refractivity (Wildman–Crippen MR) is 70.1 cm³/mol. The van der Waals surface area contributed by atoms with E-state index in [4.69, 9.17) is 10.5 Å². The van der Waals surface area contributed by atoms with E-state index >= 15 is 0 Å². The molecule has 4 N–H and O–H groups in total. The van der Waals surface area contributed by atoms with Crippen molar-refractivity contribution >= 4 is 11.6 Å². The van der Waals surface area contributed by atoms with Crippen LogP contribution in [0, 0.1) is 0 Å². The SMILES string of the molecule is COCC(O)CNC(=O)CCc1cccc(N)c1. The number of hydrogen-bond acceptors (Lipinski definition) is 4. The molecule has 0 spiro atoms. The fraction of sp³-hybridized carbons (Fsp3) is 0.462. The number of aliphatic hydroxyl groups is 1. The van der Waals surface area contributed by atoms with E-state index in [2.05, 4.69) is 5.32 Å². The number of carbonyl (C=O) groups is 1. The lowest BCUT2D eigenvalue weighted by molar-refractivity contribution is -0.121. The topological polar surface area (TPSA) is 84.6 Å². The minimum Gasteiger partial charge on any atom is -0.399 e. The van der Waals surface area contributed by atoms with Crippen LogP contribution in [-0.2, 0) is 16.0 Å². The van der Waals surface area contributed by atoms with Gasteiger partial charge in [-0.05, 0) is 24.1 Å². The summed E-state index contributed by atoms with van der Waals surface area (Å²) in [5.41, 5.74) is 7.38. The number of nitrogens with one attached hydrogen (secondary N) is 1. The second-order valence-corrected chi connectivity index (χ2v) is 4.16. The molecule has 0 radical (unpaired) electrons. The molecule has 1 amide bonds. The number of benzene rings is 1. The maximum Gasteiger partial charge on any atom is 0.220 e. The van der Waals surface area contributed by atoms with E-state index in [0.717, 1.165) is 5.56 Å². The fourth-order valence-electron chi connectivity index (χ4n) is 1.58. The zero-order valence-electron chi connectivity index (χ0n) is 10.6. The summed E-state index contributed by atoms with van der Waals surface area (Å²) < 4.78 is 4.76. The molecule has 0 fully saturated rings. The quantitative estimate of drug-likeness (QED) is 0.610. The van der Waals surface area contributed by atoms with Crippen molar-refractivity contribution in [2.75, 3.05) is 26.0 Å². The Hall–Kier alpha value is -1.59. The highest BCUT2D eigenvalue weighted by molar-refractivity contribution is 5.76. The largest absolute Gasteiger partial charge is 0.399 e. The molecule has 0 bridgehead atoms. The van der Waals surface area contributed by atoms with Gasteiger partial charge in [-0.25, -0.2) is 0 Å². The van der Waals surface area contributed by atoms with Crippen LogP contribution >= 0.6 is 0 Å². The Morgan fingerprint density at radius 1 is 1.56 bits per heavy atom. The van der Waals surface area contributed by atoms with Crippen molar-refractivity contribution in [1.29, 1.82) is 0 Å². The summed E-state index contributed by atoms with van der Waals surface area (Å²) in [7, 11) is 1.50. The number of carbonyl (C=O) groups excluding carboxylic acids is 1. The number of aliphatic hydroxyl groups excluding tert-OH is 1. The van der Waals surface area contributed by atoms with Crippen LogP contribution in [0.2, 0.25) is 0 Å². The number of anilines is 1. The molecule has 0 heterocycles. The van der Waals surface area contributed by atoms with E-state index < -0.39 is 6.10 Å². The average molecular weight is 252 g/mol. The number of hydrogen-bond donors (Lipinski definition) is 3. The van der Waals surface area contributed by atoms with Gasteiger partial charge in [0, 0.05) is 25.8 Å². The van der Waals surface area contributed by atoms with Crippen molar-refractivity contribution in [2.45, 2.75) is 18.9 Å². The molecule has 1 atom stereocenters. The molecule has 5 nitrogen and oxygen atoms in total. The standard InChI is InChI=1S/C13H20N2O3/c1-18-9-12(16)8-15-13(17)6-5-10-3-2-4-11(14)7-10/h2-4,7,12,16H,5-6,8-9,14H2,1H3,(H,15,17). The van der Waals surface area contributed by atoms with Gasteiger partial charge in [0.1, 0.15) is 0 Å². The summed E-state index contributed by atoms with van der Waals surface area (Å²) in [5, 5.41) is 12.0. The van der Waals surface area contributed by atoms with Crippen LogP contribution in [0.5, 0.6) is 0 Å². The van der Waals surface area contributed by atoms with E-state index in [0.29, 0.717) is 18.5 Å². The van der Waals surface area contributed by atoms with Gasteiger partial charge in [0.2, 0.25) is 5.91 Å². The van der Waals surface area contributed by atoms with Crippen LogP contribution in [0.1, 0.15) is 12.0 Å². The van der Waals surface area contributed by atoms with Gasteiger partial charge in [-0.3, -0.25) is 4.79 Å². The maximum atomic E-state index is 11.5. The van der Waals surface area contributed by atoms with Gasteiger partial charge in [-0.2, -0.15) is 0 Å². The lowest BCUT2D eigenvalue weighted by Crippen LogP contribution is -2.34. The highest BCUT2D eigenvalue weighted by atomic mass is 16.5. The van der Waals surface area contributed by atoms with Crippen molar-refractivity contribution in [1.82, 2.24) is 5.32 Å².